The Labute approximate surface area is 157 Å². The number of hydrogen-bond acceptors (Lipinski definition) is 4. The van der Waals surface area contributed by atoms with E-state index in [4.69, 9.17) is 4.74 Å². The number of benzene rings is 1. The first-order valence-corrected chi connectivity index (χ1v) is 8.93. The third-order valence-corrected chi connectivity index (χ3v) is 4.40. The number of aromatic nitrogens is 1. The highest BCUT2D eigenvalue weighted by molar-refractivity contribution is 5.68. The highest BCUT2D eigenvalue weighted by atomic mass is 19.1. The second-order valence-electron chi connectivity index (χ2n) is 7.21. The van der Waals surface area contributed by atoms with Crippen LogP contribution in [0, 0.1) is 11.6 Å². The number of halogens is 2. The number of nitrogens with zero attached hydrogens (tertiary/aromatic N) is 2. The van der Waals surface area contributed by atoms with Crippen LogP contribution in [0.25, 0.3) is 11.3 Å². The fourth-order valence-electron chi connectivity index (χ4n) is 3.10. The molecular weight excluding hydrogens is 352 g/mol. The first-order chi connectivity index (χ1) is 12.8. The van der Waals surface area contributed by atoms with Gasteiger partial charge in [0.1, 0.15) is 17.2 Å². The molecule has 1 aliphatic heterocycles. The van der Waals surface area contributed by atoms with E-state index in [0.29, 0.717) is 25.2 Å². The first kappa shape index (κ1) is 19.2. The number of piperazine rings is 1. The van der Waals surface area contributed by atoms with E-state index in [0.717, 1.165) is 24.7 Å². The molecule has 5 nitrogen and oxygen atoms in total. The molecule has 0 atom stereocenters. The summed E-state index contributed by atoms with van der Waals surface area (Å²) < 4.78 is 32.8. The number of amides is 1. The van der Waals surface area contributed by atoms with Gasteiger partial charge in [-0.15, -0.1) is 0 Å². The molecule has 2 aromatic rings. The van der Waals surface area contributed by atoms with Crippen LogP contribution in [0.1, 0.15) is 19.4 Å². The lowest BCUT2D eigenvalue weighted by Crippen LogP contribution is -2.48. The fraction of sp³-hybridized carbons (Fsp3) is 0.400. The van der Waals surface area contributed by atoms with Crippen molar-refractivity contribution in [2.45, 2.75) is 25.9 Å². The van der Waals surface area contributed by atoms with E-state index >= 15 is 0 Å². The van der Waals surface area contributed by atoms with E-state index in [2.05, 4.69) is 10.3 Å². The number of rotatable bonds is 4. The number of carbonyl (C=O) groups is 1. The predicted molar refractivity (Wildman–Crippen MR) is 98.3 cm³/mol. The molecule has 1 N–H and O–H groups in total. The second kappa shape index (κ2) is 8.00. The molecule has 1 fully saturated rings. The molecule has 144 valence electrons. The molecule has 27 heavy (non-hydrogen) atoms. The van der Waals surface area contributed by atoms with Crippen molar-refractivity contribution in [3.05, 3.63) is 53.7 Å². The zero-order valence-corrected chi connectivity index (χ0v) is 15.5. The molecule has 1 amide bonds. The van der Waals surface area contributed by atoms with Crippen LogP contribution in [0.2, 0.25) is 0 Å². The molecule has 2 heterocycles. The van der Waals surface area contributed by atoms with E-state index in [1.165, 1.54) is 12.1 Å². The van der Waals surface area contributed by atoms with Gasteiger partial charge in [0.05, 0.1) is 5.69 Å². The van der Waals surface area contributed by atoms with Gasteiger partial charge >= 0.3 is 6.09 Å². The summed E-state index contributed by atoms with van der Waals surface area (Å²) in [5, 5.41) is 3.19. The number of pyridine rings is 1. The lowest BCUT2D eigenvalue weighted by Gasteiger charge is -2.32. The van der Waals surface area contributed by atoms with E-state index in [9.17, 15) is 13.6 Å². The Morgan fingerprint density at radius 2 is 1.96 bits per heavy atom. The maximum atomic E-state index is 14.0. The molecule has 1 aromatic carbocycles. The molecule has 3 rings (SSSR count). The Morgan fingerprint density at radius 1 is 1.22 bits per heavy atom. The Hall–Kier alpha value is -2.54. The molecule has 0 bridgehead atoms. The van der Waals surface area contributed by atoms with Gasteiger partial charge in [-0.05, 0) is 43.7 Å². The average molecular weight is 375 g/mol. The third kappa shape index (κ3) is 5.01. The smallest absolute Gasteiger partial charge is 0.410 e. The Balaban J connectivity index is 1.71. The molecule has 7 heteroatoms. The summed E-state index contributed by atoms with van der Waals surface area (Å²) in [6.45, 7) is 6.44. The summed E-state index contributed by atoms with van der Waals surface area (Å²) >= 11 is 0. The molecule has 0 aliphatic carbocycles. The monoisotopic (exact) mass is 375 g/mol. The van der Waals surface area contributed by atoms with Gasteiger partial charge in [-0.1, -0.05) is 0 Å². The highest BCUT2D eigenvalue weighted by Crippen LogP contribution is 2.25. The third-order valence-electron chi connectivity index (χ3n) is 4.40. The van der Waals surface area contributed by atoms with Crippen molar-refractivity contribution in [2.24, 2.45) is 0 Å². The normalized spacial score (nSPS) is 14.9. The lowest BCUT2D eigenvalue weighted by atomic mass is 9.97. The van der Waals surface area contributed by atoms with Gasteiger partial charge in [-0.2, -0.15) is 0 Å². The molecular formula is C20H23F2N3O2. The van der Waals surface area contributed by atoms with Gasteiger partial charge in [0.25, 0.3) is 0 Å². The van der Waals surface area contributed by atoms with Crippen LogP contribution in [0.15, 0.2) is 36.5 Å². The maximum absolute atomic E-state index is 14.0. The van der Waals surface area contributed by atoms with Gasteiger partial charge in [0.2, 0.25) is 0 Å². The van der Waals surface area contributed by atoms with Gasteiger partial charge in [0.15, 0.2) is 0 Å². The standard InChI is InChI=1S/C20H23F2N3O2/c1-20(2,27-19(26)25-9-7-23-8-10-25)13-14-5-6-24-18(11-14)16-4-3-15(21)12-17(16)22/h3-6,11-12,23H,7-10,13H2,1-2H3. The van der Waals surface area contributed by atoms with E-state index in [-0.39, 0.29) is 11.7 Å². The number of hydrogen-bond donors (Lipinski definition) is 1. The minimum atomic E-state index is -0.734. The van der Waals surface area contributed by atoms with Gasteiger partial charge in [0, 0.05) is 50.4 Å². The van der Waals surface area contributed by atoms with Crippen LogP contribution in [0.3, 0.4) is 0 Å². The zero-order chi connectivity index (χ0) is 19.4. The molecule has 0 radical (unpaired) electrons. The average Bonchev–Trinajstić information content (AvgIpc) is 2.62. The number of ether oxygens (including phenoxy) is 1. The van der Waals surface area contributed by atoms with E-state index in [1.807, 2.05) is 13.8 Å². The summed E-state index contributed by atoms with van der Waals surface area (Å²) in [5.41, 5.74) is 0.756. The van der Waals surface area contributed by atoms with Crippen LogP contribution in [-0.2, 0) is 11.2 Å². The minimum Gasteiger partial charge on any atom is -0.443 e. The predicted octanol–water partition coefficient (Wildman–Crippen LogP) is 3.39. The molecule has 0 unspecified atom stereocenters. The molecule has 0 spiro atoms. The van der Waals surface area contributed by atoms with Crippen molar-refractivity contribution in [2.75, 3.05) is 26.2 Å². The minimum absolute atomic E-state index is 0.230. The topological polar surface area (TPSA) is 54.5 Å². The van der Waals surface area contributed by atoms with Crippen molar-refractivity contribution < 1.29 is 18.3 Å². The summed E-state index contributed by atoms with van der Waals surface area (Å²) in [4.78, 5) is 18.2. The SMILES string of the molecule is CC(C)(Cc1ccnc(-c2ccc(F)cc2F)c1)OC(=O)N1CCNCC1. The molecule has 1 aliphatic rings. The fourth-order valence-corrected chi connectivity index (χ4v) is 3.10. The highest BCUT2D eigenvalue weighted by Gasteiger charge is 2.27. The summed E-state index contributed by atoms with van der Waals surface area (Å²) in [6, 6.07) is 6.93. The van der Waals surface area contributed by atoms with Crippen LogP contribution in [0.4, 0.5) is 13.6 Å². The van der Waals surface area contributed by atoms with Crippen molar-refractivity contribution in [3.63, 3.8) is 0 Å². The quantitative estimate of drug-likeness (QED) is 0.890. The van der Waals surface area contributed by atoms with Crippen LogP contribution in [0.5, 0.6) is 0 Å². The number of carbonyl (C=O) groups excluding carboxylic acids is 1. The van der Waals surface area contributed by atoms with E-state index in [1.54, 1.807) is 23.2 Å². The summed E-state index contributed by atoms with van der Waals surface area (Å²) in [7, 11) is 0. The van der Waals surface area contributed by atoms with Crippen LogP contribution >= 0.6 is 0 Å². The van der Waals surface area contributed by atoms with Crippen molar-refractivity contribution in [3.8, 4) is 11.3 Å². The largest absolute Gasteiger partial charge is 0.443 e. The van der Waals surface area contributed by atoms with Gasteiger partial charge in [-0.3, -0.25) is 4.98 Å². The Bertz CT molecular complexity index is 821. The van der Waals surface area contributed by atoms with Crippen molar-refractivity contribution >= 4 is 6.09 Å². The van der Waals surface area contributed by atoms with Gasteiger partial charge in [-0.25, -0.2) is 13.6 Å². The van der Waals surface area contributed by atoms with Gasteiger partial charge < -0.3 is 15.0 Å². The first-order valence-electron chi connectivity index (χ1n) is 8.93. The van der Waals surface area contributed by atoms with Crippen molar-refractivity contribution in [1.82, 2.24) is 15.2 Å². The number of nitrogens with one attached hydrogen (secondary N) is 1. The van der Waals surface area contributed by atoms with E-state index < -0.39 is 17.2 Å². The maximum Gasteiger partial charge on any atom is 0.410 e. The Morgan fingerprint density at radius 3 is 2.67 bits per heavy atom. The molecule has 0 saturated carbocycles. The zero-order valence-electron chi connectivity index (χ0n) is 15.5. The summed E-state index contributed by atoms with van der Waals surface area (Å²) in [6.07, 6.45) is 1.69. The molecule has 1 saturated heterocycles. The Kier molecular flexibility index (Phi) is 5.70. The van der Waals surface area contributed by atoms with Crippen LogP contribution in [-0.4, -0.2) is 47.8 Å². The summed E-state index contributed by atoms with van der Waals surface area (Å²) in [5.74, 6) is -1.29. The second-order valence-corrected chi connectivity index (χ2v) is 7.21. The van der Waals surface area contributed by atoms with Crippen LogP contribution < -0.4 is 5.32 Å². The molecule has 1 aromatic heterocycles. The van der Waals surface area contributed by atoms with Crippen molar-refractivity contribution in [1.29, 1.82) is 0 Å². The lowest BCUT2D eigenvalue weighted by molar-refractivity contribution is 0.0120.